The van der Waals surface area contributed by atoms with Gasteiger partial charge in [0.05, 0.1) is 6.42 Å². The Labute approximate surface area is 128 Å². The number of benzene rings is 1. The molecule has 7 heteroatoms. The van der Waals surface area contributed by atoms with Gasteiger partial charge in [-0.2, -0.15) is 0 Å². The van der Waals surface area contributed by atoms with Crippen molar-refractivity contribution in [2.45, 2.75) is 25.7 Å². The van der Waals surface area contributed by atoms with Gasteiger partial charge in [0, 0.05) is 30.9 Å². The second-order valence-electron chi connectivity index (χ2n) is 5.15. The van der Waals surface area contributed by atoms with Crippen LogP contribution >= 0.6 is 0 Å². The third-order valence-electron chi connectivity index (χ3n) is 3.36. The smallest absolute Gasteiger partial charge is 0.321 e. The number of rotatable bonds is 5. The highest BCUT2D eigenvalue weighted by Crippen LogP contribution is 2.17. The molecule has 0 spiro atoms. The normalized spacial score (nSPS) is 13.7. The molecule has 3 amide bonds. The number of likely N-dealkylation sites (tertiary alicyclic amines) is 1. The topological polar surface area (TPSA) is 98.7 Å². The minimum atomic E-state index is -1.01. The fourth-order valence-corrected chi connectivity index (χ4v) is 2.24. The van der Waals surface area contributed by atoms with Gasteiger partial charge in [-0.3, -0.25) is 9.59 Å². The van der Waals surface area contributed by atoms with Gasteiger partial charge >= 0.3 is 12.0 Å². The minimum Gasteiger partial charge on any atom is -0.481 e. The summed E-state index contributed by atoms with van der Waals surface area (Å²) >= 11 is 0. The molecule has 1 saturated heterocycles. The lowest BCUT2D eigenvalue weighted by molar-refractivity contribution is -0.138. The molecule has 1 aliphatic rings. The predicted octanol–water partition coefficient (Wildman–Crippen LogP) is 2.12. The lowest BCUT2D eigenvalue weighted by Gasteiger charge is -2.16. The molecule has 1 heterocycles. The van der Waals surface area contributed by atoms with E-state index in [0.717, 1.165) is 25.9 Å². The van der Waals surface area contributed by atoms with Gasteiger partial charge in [0.25, 0.3) is 0 Å². The lowest BCUT2D eigenvalue weighted by atomic mass is 10.2. The number of anilines is 2. The van der Waals surface area contributed by atoms with Crippen molar-refractivity contribution in [3.05, 3.63) is 24.3 Å². The van der Waals surface area contributed by atoms with Crippen LogP contribution in [-0.2, 0) is 9.59 Å². The van der Waals surface area contributed by atoms with Crippen LogP contribution in [0.5, 0.6) is 0 Å². The molecule has 0 atom stereocenters. The fourth-order valence-electron chi connectivity index (χ4n) is 2.24. The number of nitrogens with one attached hydrogen (secondary N) is 2. The summed E-state index contributed by atoms with van der Waals surface area (Å²) < 4.78 is 0. The van der Waals surface area contributed by atoms with E-state index >= 15 is 0 Å². The summed E-state index contributed by atoms with van der Waals surface area (Å²) in [4.78, 5) is 35.8. The van der Waals surface area contributed by atoms with Crippen LogP contribution in [0.4, 0.5) is 16.2 Å². The number of carbonyl (C=O) groups excluding carboxylic acids is 2. The van der Waals surface area contributed by atoms with E-state index in [1.165, 1.54) is 0 Å². The summed E-state index contributed by atoms with van der Waals surface area (Å²) in [6.45, 7) is 1.52. The summed E-state index contributed by atoms with van der Waals surface area (Å²) in [6.07, 6.45) is 1.75. The Morgan fingerprint density at radius 1 is 1.05 bits per heavy atom. The number of carboxylic acids is 1. The lowest BCUT2D eigenvalue weighted by Crippen LogP contribution is -2.32. The van der Waals surface area contributed by atoms with Gasteiger partial charge in [0.2, 0.25) is 5.91 Å². The van der Waals surface area contributed by atoms with Crippen LogP contribution in [0.25, 0.3) is 0 Å². The Kier molecular flexibility index (Phi) is 5.35. The maximum Gasteiger partial charge on any atom is 0.321 e. The summed E-state index contributed by atoms with van der Waals surface area (Å²) in [5.74, 6) is -1.38. The summed E-state index contributed by atoms with van der Waals surface area (Å²) in [5, 5.41) is 13.9. The predicted molar refractivity (Wildman–Crippen MR) is 81.8 cm³/mol. The van der Waals surface area contributed by atoms with Crippen molar-refractivity contribution in [1.29, 1.82) is 0 Å². The molecule has 1 fully saturated rings. The second-order valence-corrected chi connectivity index (χ2v) is 5.15. The van der Waals surface area contributed by atoms with Gasteiger partial charge < -0.3 is 20.6 Å². The van der Waals surface area contributed by atoms with Crippen molar-refractivity contribution in [3.63, 3.8) is 0 Å². The van der Waals surface area contributed by atoms with Crippen LogP contribution in [0, 0.1) is 0 Å². The molecular weight excluding hydrogens is 286 g/mol. The maximum absolute atomic E-state index is 12.0. The third kappa shape index (κ3) is 4.76. The van der Waals surface area contributed by atoms with Crippen molar-refractivity contribution < 1.29 is 19.5 Å². The second kappa shape index (κ2) is 7.44. The van der Waals surface area contributed by atoms with E-state index in [0.29, 0.717) is 11.4 Å². The van der Waals surface area contributed by atoms with Crippen molar-refractivity contribution >= 4 is 29.3 Å². The molecule has 1 aromatic carbocycles. The number of aliphatic carboxylic acids is 1. The van der Waals surface area contributed by atoms with Gasteiger partial charge in [-0.1, -0.05) is 6.07 Å². The molecule has 1 aliphatic heterocycles. The summed E-state index contributed by atoms with van der Waals surface area (Å²) in [5.41, 5.74) is 1.11. The Balaban J connectivity index is 1.90. The van der Waals surface area contributed by atoms with Crippen LogP contribution < -0.4 is 10.6 Å². The molecule has 3 N–H and O–H groups in total. The zero-order chi connectivity index (χ0) is 15.9. The number of nitrogens with zero attached hydrogens (tertiary/aromatic N) is 1. The molecule has 7 nitrogen and oxygen atoms in total. The van der Waals surface area contributed by atoms with Crippen molar-refractivity contribution in [2.24, 2.45) is 0 Å². The van der Waals surface area contributed by atoms with Crippen molar-refractivity contribution in [1.82, 2.24) is 4.90 Å². The number of carboxylic acid groups (broad SMARTS) is 1. The van der Waals surface area contributed by atoms with E-state index in [4.69, 9.17) is 5.11 Å². The zero-order valence-electron chi connectivity index (χ0n) is 12.2. The van der Waals surface area contributed by atoms with Crippen molar-refractivity contribution in [2.75, 3.05) is 23.7 Å². The Bertz CT molecular complexity index is 568. The fraction of sp³-hybridized carbons (Fsp3) is 0.400. The van der Waals surface area contributed by atoms with Crippen LogP contribution in [0.2, 0.25) is 0 Å². The molecule has 2 rings (SSSR count). The number of amides is 3. The minimum absolute atomic E-state index is 0.0836. The number of hydrogen-bond acceptors (Lipinski definition) is 3. The van der Waals surface area contributed by atoms with Gasteiger partial charge in [-0.05, 0) is 31.0 Å². The molecule has 0 aliphatic carbocycles. The monoisotopic (exact) mass is 305 g/mol. The Morgan fingerprint density at radius 3 is 2.32 bits per heavy atom. The largest absolute Gasteiger partial charge is 0.481 e. The third-order valence-corrected chi connectivity index (χ3v) is 3.36. The van der Waals surface area contributed by atoms with Gasteiger partial charge in [0.1, 0.15) is 0 Å². The zero-order valence-corrected chi connectivity index (χ0v) is 12.2. The first kappa shape index (κ1) is 15.8. The Morgan fingerprint density at radius 2 is 1.68 bits per heavy atom. The first-order valence-corrected chi connectivity index (χ1v) is 7.22. The number of carbonyl (C=O) groups is 3. The highest BCUT2D eigenvalue weighted by atomic mass is 16.4. The SMILES string of the molecule is O=C(O)CCC(=O)Nc1cccc(NC(=O)N2CCCC2)c1. The molecular formula is C15H19N3O4. The van der Waals surface area contributed by atoms with Crippen LogP contribution in [0.3, 0.4) is 0 Å². The molecule has 0 radical (unpaired) electrons. The van der Waals surface area contributed by atoms with Gasteiger partial charge in [-0.15, -0.1) is 0 Å². The first-order chi connectivity index (χ1) is 10.5. The highest BCUT2D eigenvalue weighted by Gasteiger charge is 2.17. The average Bonchev–Trinajstić information content (AvgIpc) is 3.00. The summed E-state index contributed by atoms with van der Waals surface area (Å²) in [6, 6.07) is 6.64. The van der Waals surface area contributed by atoms with E-state index in [2.05, 4.69) is 10.6 Å². The van der Waals surface area contributed by atoms with E-state index < -0.39 is 5.97 Å². The van der Waals surface area contributed by atoms with Crippen LogP contribution in [0.15, 0.2) is 24.3 Å². The molecule has 0 bridgehead atoms. The van der Waals surface area contributed by atoms with Crippen molar-refractivity contribution in [3.8, 4) is 0 Å². The van der Waals surface area contributed by atoms with E-state index in [9.17, 15) is 14.4 Å². The van der Waals surface area contributed by atoms with E-state index in [1.807, 2.05) is 0 Å². The van der Waals surface area contributed by atoms with Crippen LogP contribution in [0.1, 0.15) is 25.7 Å². The highest BCUT2D eigenvalue weighted by molar-refractivity contribution is 5.94. The van der Waals surface area contributed by atoms with Gasteiger partial charge in [-0.25, -0.2) is 4.79 Å². The van der Waals surface area contributed by atoms with E-state index in [-0.39, 0.29) is 24.8 Å². The molecule has 118 valence electrons. The average molecular weight is 305 g/mol. The molecule has 0 aromatic heterocycles. The van der Waals surface area contributed by atoms with Gasteiger partial charge in [0.15, 0.2) is 0 Å². The number of hydrogen-bond donors (Lipinski definition) is 3. The van der Waals surface area contributed by atoms with E-state index in [1.54, 1.807) is 29.2 Å². The van der Waals surface area contributed by atoms with Crippen LogP contribution in [-0.4, -0.2) is 41.0 Å². The molecule has 1 aromatic rings. The maximum atomic E-state index is 12.0. The molecule has 0 unspecified atom stereocenters. The standard InChI is InChI=1S/C15H19N3O4/c19-13(6-7-14(20)21)16-11-4-3-5-12(10-11)17-15(22)18-8-1-2-9-18/h3-5,10H,1-2,6-9H2,(H,16,19)(H,17,22)(H,20,21). The quantitative estimate of drug-likeness (QED) is 0.776. The number of urea groups is 1. The molecule has 0 saturated carbocycles. The first-order valence-electron chi connectivity index (χ1n) is 7.22. The Hall–Kier alpha value is -2.57. The summed E-state index contributed by atoms with van der Waals surface area (Å²) in [7, 11) is 0. The molecule has 22 heavy (non-hydrogen) atoms.